The Kier molecular flexibility index (Phi) is 4.29. The molecule has 0 saturated carbocycles. The third kappa shape index (κ3) is 3.38. The molecule has 6 heteroatoms. The molecular formula is C19H17F3N2O. The summed E-state index contributed by atoms with van der Waals surface area (Å²) in [6, 6.07) is 12.6. The van der Waals surface area contributed by atoms with Gasteiger partial charge in [-0.2, -0.15) is 13.2 Å². The molecule has 0 unspecified atom stereocenters. The van der Waals surface area contributed by atoms with Gasteiger partial charge in [0.15, 0.2) is 0 Å². The Morgan fingerprint density at radius 1 is 1.12 bits per heavy atom. The lowest BCUT2D eigenvalue weighted by atomic mass is 9.87. The van der Waals surface area contributed by atoms with E-state index in [9.17, 15) is 18.0 Å². The average Bonchev–Trinajstić information content (AvgIpc) is 2.89. The van der Waals surface area contributed by atoms with E-state index >= 15 is 0 Å². The number of hydrogen-bond donors (Lipinski definition) is 1. The summed E-state index contributed by atoms with van der Waals surface area (Å²) in [5, 5.41) is 0.955. The molecule has 3 rings (SSSR count). The molecule has 3 aromatic rings. The van der Waals surface area contributed by atoms with Crippen molar-refractivity contribution in [1.82, 2.24) is 4.57 Å². The van der Waals surface area contributed by atoms with Crippen molar-refractivity contribution in [3.8, 4) is 0 Å². The largest absolute Gasteiger partial charge is 0.416 e. The van der Waals surface area contributed by atoms with Crippen LogP contribution in [0, 0.1) is 0 Å². The molecule has 2 N–H and O–H groups in total. The number of carbonyl (C=O) groups excluding carboxylic acids is 1. The van der Waals surface area contributed by atoms with E-state index < -0.39 is 23.6 Å². The van der Waals surface area contributed by atoms with Crippen LogP contribution in [0.3, 0.4) is 0 Å². The first-order valence-corrected chi connectivity index (χ1v) is 7.77. The van der Waals surface area contributed by atoms with Gasteiger partial charge in [-0.15, -0.1) is 0 Å². The second kappa shape index (κ2) is 6.27. The predicted molar refractivity (Wildman–Crippen MR) is 90.0 cm³/mol. The van der Waals surface area contributed by atoms with Crippen LogP contribution < -0.4 is 5.73 Å². The van der Waals surface area contributed by atoms with E-state index in [1.54, 1.807) is 0 Å². The van der Waals surface area contributed by atoms with E-state index in [1.165, 1.54) is 12.1 Å². The van der Waals surface area contributed by atoms with Gasteiger partial charge in [0.2, 0.25) is 5.91 Å². The second-order valence-corrected chi connectivity index (χ2v) is 6.06. The summed E-state index contributed by atoms with van der Waals surface area (Å²) < 4.78 is 40.3. The lowest BCUT2D eigenvalue weighted by molar-refractivity contribution is -0.137. The summed E-state index contributed by atoms with van der Waals surface area (Å²) >= 11 is 0. The molecule has 1 heterocycles. The Bertz CT molecular complexity index is 911. The highest BCUT2D eigenvalue weighted by molar-refractivity contribution is 5.86. The zero-order valence-electron chi connectivity index (χ0n) is 13.5. The Morgan fingerprint density at radius 2 is 1.76 bits per heavy atom. The van der Waals surface area contributed by atoms with Gasteiger partial charge in [-0.25, -0.2) is 0 Å². The van der Waals surface area contributed by atoms with Gasteiger partial charge in [-0.05, 0) is 29.3 Å². The van der Waals surface area contributed by atoms with Crippen molar-refractivity contribution in [2.75, 3.05) is 0 Å². The van der Waals surface area contributed by atoms with E-state index in [4.69, 9.17) is 5.73 Å². The molecule has 0 aliphatic rings. The highest BCUT2D eigenvalue weighted by Gasteiger charge is 2.30. The first-order chi connectivity index (χ1) is 11.8. The smallest absolute Gasteiger partial charge is 0.370 e. The number of benzene rings is 2. The van der Waals surface area contributed by atoms with Gasteiger partial charge in [-0.3, -0.25) is 4.79 Å². The molecule has 0 spiro atoms. The van der Waals surface area contributed by atoms with Crippen molar-refractivity contribution in [3.63, 3.8) is 0 Å². The lowest BCUT2D eigenvalue weighted by Gasteiger charge is -2.17. The molecule has 25 heavy (non-hydrogen) atoms. The molecule has 0 fully saturated rings. The fourth-order valence-corrected chi connectivity index (χ4v) is 3.16. The van der Waals surface area contributed by atoms with Crippen molar-refractivity contribution in [2.45, 2.75) is 18.5 Å². The van der Waals surface area contributed by atoms with E-state index in [1.807, 2.05) is 42.1 Å². The number of hydrogen-bond acceptors (Lipinski definition) is 1. The third-order valence-electron chi connectivity index (χ3n) is 4.35. The highest BCUT2D eigenvalue weighted by atomic mass is 19.4. The van der Waals surface area contributed by atoms with Crippen LogP contribution in [0.5, 0.6) is 0 Å². The number of aryl methyl sites for hydroxylation is 1. The molecule has 3 nitrogen and oxygen atoms in total. The number of primary amides is 1. The van der Waals surface area contributed by atoms with E-state index in [-0.39, 0.29) is 6.42 Å². The molecule has 0 saturated heterocycles. The third-order valence-corrected chi connectivity index (χ3v) is 4.35. The standard InChI is InChI=1S/C19H17F3N2O/c1-24-11-16(14-4-2-3-5-17(14)24)15(10-18(23)25)12-6-8-13(9-7-12)19(20,21)22/h2-9,11,15H,10H2,1H3,(H2,23,25)/t15-/m0/s1. The zero-order valence-corrected chi connectivity index (χ0v) is 13.5. The Morgan fingerprint density at radius 3 is 2.36 bits per heavy atom. The number of carbonyl (C=O) groups is 1. The topological polar surface area (TPSA) is 48.0 Å². The average molecular weight is 346 g/mol. The van der Waals surface area contributed by atoms with Crippen LogP contribution in [0.1, 0.15) is 29.0 Å². The zero-order chi connectivity index (χ0) is 18.2. The van der Waals surface area contributed by atoms with Gasteiger partial charge < -0.3 is 10.3 Å². The maximum Gasteiger partial charge on any atom is 0.416 e. The molecule has 2 aromatic carbocycles. The normalized spacial score (nSPS) is 13.1. The van der Waals surface area contributed by atoms with Crippen LogP contribution in [0.4, 0.5) is 13.2 Å². The van der Waals surface area contributed by atoms with E-state index in [0.717, 1.165) is 28.6 Å². The van der Waals surface area contributed by atoms with Crippen molar-refractivity contribution >= 4 is 16.8 Å². The molecule has 130 valence electrons. The van der Waals surface area contributed by atoms with Crippen LogP contribution in [0.25, 0.3) is 10.9 Å². The molecule has 0 aliphatic carbocycles. The first-order valence-electron chi connectivity index (χ1n) is 7.77. The minimum atomic E-state index is -4.39. The SMILES string of the molecule is Cn1cc([C@@H](CC(N)=O)c2ccc(C(F)(F)F)cc2)c2ccccc21. The quantitative estimate of drug-likeness (QED) is 0.756. The maximum absolute atomic E-state index is 12.8. The molecule has 1 amide bonds. The van der Waals surface area contributed by atoms with Crippen molar-refractivity contribution < 1.29 is 18.0 Å². The fraction of sp³-hybridized carbons (Fsp3) is 0.211. The van der Waals surface area contributed by atoms with Crippen molar-refractivity contribution in [2.24, 2.45) is 12.8 Å². The van der Waals surface area contributed by atoms with Gasteiger partial charge >= 0.3 is 6.18 Å². The van der Waals surface area contributed by atoms with E-state index in [0.29, 0.717) is 5.56 Å². The van der Waals surface area contributed by atoms with Gasteiger partial charge in [0.1, 0.15) is 0 Å². The van der Waals surface area contributed by atoms with Crippen molar-refractivity contribution in [3.05, 3.63) is 71.4 Å². The predicted octanol–water partition coefficient (Wildman–Crippen LogP) is 4.20. The summed E-state index contributed by atoms with van der Waals surface area (Å²) in [5.74, 6) is -0.899. The number of halogens is 3. The molecule has 0 radical (unpaired) electrons. The maximum atomic E-state index is 12.8. The number of para-hydroxylation sites is 1. The van der Waals surface area contributed by atoms with Crippen LogP contribution >= 0.6 is 0 Å². The second-order valence-electron chi connectivity index (χ2n) is 6.06. The number of fused-ring (bicyclic) bond motifs is 1. The Hall–Kier alpha value is -2.76. The van der Waals surface area contributed by atoms with Crippen LogP contribution in [0.15, 0.2) is 54.7 Å². The van der Waals surface area contributed by atoms with Gasteiger partial charge in [0, 0.05) is 36.5 Å². The summed E-state index contributed by atoms with van der Waals surface area (Å²) in [6.07, 6.45) is -2.47. The Labute approximate surface area is 142 Å². The molecule has 1 atom stereocenters. The molecule has 0 bridgehead atoms. The van der Waals surface area contributed by atoms with Gasteiger partial charge in [0.25, 0.3) is 0 Å². The fourth-order valence-electron chi connectivity index (χ4n) is 3.16. The first kappa shape index (κ1) is 17.1. The van der Waals surface area contributed by atoms with E-state index in [2.05, 4.69) is 0 Å². The summed E-state index contributed by atoms with van der Waals surface area (Å²) in [7, 11) is 1.89. The van der Waals surface area contributed by atoms with Crippen molar-refractivity contribution in [1.29, 1.82) is 0 Å². The lowest BCUT2D eigenvalue weighted by Crippen LogP contribution is -2.16. The monoisotopic (exact) mass is 346 g/mol. The molecule has 0 aliphatic heterocycles. The molecular weight excluding hydrogens is 329 g/mol. The minimum Gasteiger partial charge on any atom is -0.370 e. The number of amides is 1. The summed E-state index contributed by atoms with van der Waals surface area (Å²) in [4.78, 5) is 11.6. The summed E-state index contributed by atoms with van der Waals surface area (Å²) in [6.45, 7) is 0. The number of rotatable bonds is 4. The van der Waals surface area contributed by atoms with Crippen LogP contribution in [-0.4, -0.2) is 10.5 Å². The van der Waals surface area contributed by atoms with Crippen LogP contribution in [0.2, 0.25) is 0 Å². The highest BCUT2D eigenvalue weighted by Crippen LogP contribution is 2.36. The number of nitrogens with zero attached hydrogens (tertiary/aromatic N) is 1. The Balaban J connectivity index is 2.10. The van der Waals surface area contributed by atoms with Gasteiger partial charge in [0.05, 0.1) is 5.56 Å². The van der Waals surface area contributed by atoms with Crippen LogP contribution in [-0.2, 0) is 18.0 Å². The number of alkyl halides is 3. The molecule has 1 aromatic heterocycles. The minimum absolute atomic E-state index is 0.0272. The number of nitrogens with two attached hydrogens (primary N) is 1. The van der Waals surface area contributed by atoms with Gasteiger partial charge in [-0.1, -0.05) is 30.3 Å². The summed E-state index contributed by atoms with van der Waals surface area (Å²) in [5.41, 5.74) is 7.16. The number of aromatic nitrogens is 1.